The van der Waals surface area contributed by atoms with Crippen molar-refractivity contribution < 1.29 is 9.90 Å². The fraction of sp³-hybridized carbons (Fsp3) is 0.500. The highest BCUT2D eigenvalue weighted by Gasteiger charge is 2.33. The van der Waals surface area contributed by atoms with Crippen LogP contribution in [0.3, 0.4) is 0 Å². The van der Waals surface area contributed by atoms with E-state index in [1.807, 2.05) is 35.1 Å². The number of fused-ring (bicyclic) bond motifs is 1. The number of amides is 1. The maximum Gasteiger partial charge on any atom is 0.275 e. The fourth-order valence-corrected chi connectivity index (χ4v) is 3.77. The number of nitrogens with zero attached hydrogens (tertiary/aromatic N) is 3. The number of piperidine rings is 1. The molecule has 0 bridgehead atoms. The number of hydrogen-bond acceptors (Lipinski definition) is 4. The van der Waals surface area contributed by atoms with Gasteiger partial charge >= 0.3 is 0 Å². The van der Waals surface area contributed by atoms with E-state index in [0.29, 0.717) is 18.2 Å². The highest BCUT2D eigenvalue weighted by molar-refractivity contribution is 7.98. The van der Waals surface area contributed by atoms with Crippen LogP contribution >= 0.6 is 11.8 Å². The van der Waals surface area contributed by atoms with Crippen LogP contribution in [0.25, 0.3) is 5.52 Å². The van der Waals surface area contributed by atoms with E-state index in [9.17, 15) is 9.90 Å². The minimum atomic E-state index is -0.112. The molecule has 0 aliphatic carbocycles. The maximum absolute atomic E-state index is 13.0. The summed E-state index contributed by atoms with van der Waals surface area (Å²) in [6, 6.07) is 5.66. The summed E-state index contributed by atoms with van der Waals surface area (Å²) in [7, 11) is 0. The number of aromatic nitrogens is 2. The highest BCUT2D eigenvalue weighted by atomic mass is 32.2. The molecule has 1 aliphatic heterocycles. The zero-order valence-electron chi connectivity index (χ0n) is 12.9. The first kappa shape index (κ1) is 15.4. The van der Waals surface area contributed by atoms with Gasteiger partial charge in [0.25, 0.3) is 5.91 Å². The first-order valence-electron chi connectivity index (χ1n) is 7.60. The molecular formula is C16H21N3O2S. The van der Waals surface area contributed by atoms with Gasteiger partial charge in [0.1, 0.15) is 0 Å². The number of pyridine rings is 1. The Morgan fingerprint density at radius 3 is 3.05 bits per heavy atom. The molecule has 0 radical (unpaired) electrons. The minimum Gasteiger partial charge on any atom is -0.394 e. The van der Waals surface area contributed by atoms with Gasteiger partial charge in [0.2, 0.25) is 0 Å². The molecule has 118 valence electrons. The van der Waals surface area contributed by atoms with E-state index >= 15 is 0 Å². The van der Waals surface area contributed by atoms with Crippen molar-refractivity contribution in [2.45, 2.75) is 31.0 Å². The average molecular weight is 319 g/mol. The molecular weight excluding hydrogens is 298 g/mol. The third-order valence-corrected chi connectivity index (χ3v) is 5.12. The lowest BCUT2D eigenvalue weighted by Crippen LogP contribution is -2.49. The van der Waals surface area contributed by atoms with Gasteiger partial charge in [-0.25, -0.2) is 4.98 Å². The molecule has 2 atom stereocenters. The summed E-state index contributed by atoms with van der Waals surface area (Å²) in [4.78, 5) is 19.3. The molecule has 3 rings (SSSR count). The molecule has 1 aliphatic rings. The van der Waals surface area contributed by atoms with Gasteiger partial charge < -0.3 is 10.0 Å². The Kier molecular flexibility index (Phi) is 4.40. The molecule has 5 nitrogen and oxygen atoms in total. The summed E-state index contributed by atoms with van der Waals surface area (Å²) in [6.45, 7) is 2.79. The number of carbonyl (C=O) groups is 1. The van der Waals surface area contributed by atoms with Crippen LogP contribution in [0.15, 0.2) is 29.6 Å². The summed E-state index contributed by atoms with van der Waals surface area (Å²) in [5.41, 5.74) is 1.31. The van der Waals surface area contributed by atoms with Crippen LogP contribution < -0.4 is 0 Å². The second-order valence-corrected chi connectivity index (χ2v) is 6.54. The largest absolute Gasteiger partial charge is 0.394 e. The summed E-state index contributed by atoms with van der Waals surface area (Å²) in [5.74, 6) is 0.242. The number of aliphatic hydroxyl groups is 1. The summed E-state index contributed by atoms with van der Waals surface area (Å²) in [5, 5.41) is 10.5. The van der Waals surface area contributed by atoms with Crippen molar-refractivity contribution in [1.82, 2.24) is 14.3 Å². The Hall–Kier alpha value is -1.53. The Morgan fingerprint density at radius 1 is 1.50 bits per heavy atom. The highest BCUT2D eigenvalue weighted by Crippen LogP contribution is 2.27. The van der Waals surface area contributed by atoms with Gasteiger partial charge in [-0.2, -0.15) is 0 Å². The second kappa shape index (κ2) is 6.30. The van der Waals surface area contributed by atoms with Crippen LogP contribution in [-0.4, -0.2) is 50.7 Å². The lowest BCUT2D eigenvalue weighted by atomic mass is 9.91. The van der Waals surface area contributed by atoms with E-state index in [4.69, 9.17) is 0 Å². The zero-order valence-corrected chi connectivity index (χ0v) is 13.7. The number of carbonyl (C=O) groups excluding carboxylic acids is 1. The number of aliphatic hydroxyl groups excluding tert-OH is 1. The lowest BCUT2D eigenvalue weighted by Gasteiger charge is -2.38. The number of hydrogen-bond donors (Lipinski definition) is 1. The first-order valence-corrected chi connectivity index (χ1v) is 8.82. The number of imidazole rings is 1. The molecule has 6 heteroatoms. The second-order valence-electron chi connectivity index (χ2n) is 5.77. The van der Waals surface area contributed by atoms with Gasteiger partial charge in [0.05, 0.1) is 18.2 Å². The molecule has 1 saturated heterocycles. The van der Waals surface area contributed by atoms with E-state index < -0.39 is 0 Å². The third kappa shape index (κ3) is 2.50. The predicted molar refractivity (Wildman–Crippen MR) is 87.3 cm³/mol. The van der Waals surface area contributed by atoms with Crippen LogP contribution in [0.5, 0.6) is 0 Å². The molecule has 22 heavy (non-hydrogen) atoms. The SMILES string of the molecule is CSc1nc(C(=O)N2CCCC(C)C2CO)c2ccccn12. The van der Waals surface area contributed by atoms with Crippen molar-refractivity contribution in [2.24, 2.45) is 5.92 Å². The van der Waals surface area contributed by atoms with Gasteiger partial charge in [0, 0.05) is 12.7 Å². The molecule has 1 amide bonds. The van der Waals surface area contributed by atoms with Crippen LogP contribution in [0.1, 0.15) is 30.3 Å². The van der Waals surface area contributed by atoms with Crippen LogP contribution in [0.4, 0.5) is 0 Å². The van der Waals surface area contributed by atoms with E-state index in [1.165, 1.54) is 11.8 Å². The van der Waals surface area contributed by atoms with Gasteiger partial charge in [-0.05, 0) is 37.1 Å². The molecule has 2 aromatic heterocycles. The molecule has 0 aromatic carbocycles. The Bertz CT molecular complexity index is 685. The third-order valence-electron chi connectivity index (χ3n) is 4.46. The monoisotopic (exact) mass is 319 g/mol. The van der Waals surface area contributed by atoms with Crippen LogP contribution in [-0.2, 0) is 0 Å². The molecule has 0 spiro atoms. The average Bonchev–Trinajstić information content (AvgIpc) is 2.93. The molecule has 2 aromatic rings. The van der Waals surface area contributed by atoms with E-state index in [2.05, 4.69) is 11.9 Å². The zero-order chi connectivity index (χ0) is 15.7. The van der Waals surface area contributed by atoms with Crippen molar-refractivity contribution in [2.75, 3.05) is 19.4 Å². The summed E-state index contributed by atoms with van der Waals surface area (Å²) in [6.07, 6.45) is 5.91. The summed E-state index contributed by atoms with van der Waals surface area (Å²) < 4.78 is 1.94. The number of rotatable bonds is 3. The van der Waals surface area contributed by atoms with Gasteiger partial charge in [-0.3, -0.25) is 9.20 Å². The molecule has 1 N–H and O–H groups in total. The molecule has 1 fully saturated rings. The van der Waals surface area contributed by atoms with Crippen molar-refractivity contribution in [3.8, 4) is 0 Å². The van der Waals surface area contributed by atoms with Gasteiger partial charge in [0.15, 0.2) is 10.9 Å². The summed E-state index contributed by atoms with van der Waals surface area (Å²) >= 11 is 1.52. The minimum absolute atomic E-state index is 0.00801. The van der Waals surface area contributed by atoms with E-state index in [-0.39, 0.29) is 18.6 Å². The fourth-order valence-electron chi connectivity index (χ4n) is 3.23. The number of thioether (sulfide) groups is 1. The van der Waals surface area contributed by atoms with E-state index in [1.54, 1.807) is 4.90 Å². The van der Waals surface area contributed by atoms with Crippen LogP contribution in [0, 0.1) is 5.92 Å². The Labute approximate surface area is 134 Å². The Balaban J connectivity index is 2.01. The first-order chi connectivity index (χ1) is 10.7. The van der Waals surface area contributed by atoms with Crippen molar-refractivity contribution in [3.63, 3.8) is 0 Å². The normalized spacial score (nSPS) is 22.2. The predicted octanol–water partition coefficient (Wildman–Crippen LogP) is 2.29. The standard InChI is InChI=1S/C16H21N3O2S/c1-11-6-5-9-18(13(11)10-20)15(21)14-12-7-3-4-8-19(12)16(17-14)22-2/h3-4,7-8,11,13,20H,5-6,9-10H2,1-2H3. The molecule has 0 saturated carbocycles. The smallest absolute Gasteiger partial charge is 0.275 e. The molecule has 2 unspecified atom stereocenters. The van der Waals surface area contributed by atoms with E-state index in [0.717, 1.165) is 23.5 Å². The molecule has 3 heterocycles. The quantitative estimate of drug-likeness (QED) is 0.882. The van der Waals surface area contributed by atoms with Crippen LogP contribution in [0.2, 0.25) is 0 Å². The Morgan fingerprint density at radius 2 is 2.32 bits per heavy atom. The van der Waals surface area contributed by atoms with Crippen molar-refractivity contribution >= 4 is 23.2 Å². The van der Waals surface area contributed by atoms with Gasteiger partial charge in [-0.15, -0.1) is 0 Å². The van der Waals surface area contributed by atoms with Crippen molar-refractivity contribution in [1.29, 1.82) is 0 Å². The van der Waals surface area contributed by atoms with Crippen molar-refractivity contribution in [3.05, 3.63) is 30.1 Å². The van der Waals surface area contributed by atoms with Gasteiger partial charge in [-0.1, -0.05) is 24.8 Å². The lowest BCUT2D eigenvalue weighted by molar-refractivity contribution is 0.0355. The number of likely N-dealkylation sites (tertiary alicyclic amines) is 1. The topological polar surface area (TPSA) is 57.8 Å². The maximum atomic E-state index is 13.0.